The molecule has 2 fully saturated rings. The molecule has 0 radical (unpaired) electrons. The Labute approximate surface area is 171 Å². The lowest BCUT2D eigenvalue weighted by Crippen LogP contribution is -2.43. The van der Waals surface area contributed by atoms with Crippen LogP contribution in [0.3, 0.4) is 0 Å². The molecule has 0 aliphatic carbocycles. The minimum Gasteiger partial charge on any atom is -0.497 e. The van der Waals surface area contributed by atoms with Crippen molar-refractivity contribution < 1.29 is 19.0 Å². The molecule has 1 N–H and O–H groups in total. The largest absolute Gasteiger partial charge is 0.497 e. The van der Waals surface area contributed by atoms with Crippen molar-refractivity contribution in [3.8, 4) is 11.5 Å². The van der Waals surface area contributed by atoms with Crippen molar-refractivity contribution in [3.63, 3.8) is 0 Å². The summed E-state index contributed by atoms with van der Waals surface area (Å²) in [4.78, 5) is 15.1. The summed E-state index contributed by atoms with van der Waals surface area (Å²) in [5.74, 6) is 1.40. The van der Waals surface area contributed by atoms with Crippen LogP contribution in [0.4, 0.5) is 0 Å². The number of carbonyl (C=O) groups excluding carboxylic acids is 1. The Morgan fingerprint density at radius 3 is 2.72 bits per heavy atom. The summed E-state index contributed by atoms with van der Waals surface area (Å²) in [7, 11) is 3.22. The monoisotopic (exact) mass is 396 g/mol. The standard InChI is InChI=1S/C23H28N2O4/c1-27-20-9-8-17(21(12-20)28-2)10-23(26)24-18-11-19-15-29-22(14-25(19)13-18)16-6-4-3-5-7-16/h3-9,12,18-19,22H,10-11,13-15H2,1-2H3,(H,24,26)/t18-,19+,22-/m1/s1. The van der Waals surface area contributed by atoms with Gasteiger partial charge in [0.2, 0.25) is 5.91 Å². The van der Waals surface area contributed by atoms with Crippen LogP contribution >= 0.6 is 0 Å². The van der Waals surface area contributed by atoms with Gasteiger partial charge in [0.1, 0.15) is 11.5 Å². The second-order valence-corrected chi connectivity index (χ2v) is 7.70. The Morgan fingerprint density at radius 1 is 1.14 bits per heavy atom. The molecule has 2 aromatic rings. The van der Waals surface area contributed by atoms with Crippen LogP contribution in [0.15, 0.2) is 48.5 Å². The minimum atomic E-state index is 0.0128. The van der Waals surface area contributed by atoms with Crippen LogP contribution in [0.1, 0.15) is 23.7 Å². The number of nitrogens with one attached hydrogen (secondary N) is 1. The quantitative estimate of drug-likeness (QED) is 0.813. The molecule has 2 aromatic carbocycles. The Balaban J connectivity index is 1.33. The molecule has 2 aliphatic rings. The Bertz CT molecular complexity index is 842. The normalized spacial score (nSPS) is 24.0. The number of benzene rings is 2. The van der Waals surface area contributed by atoms with Gasteiger partial charge in [-0.25, -0.2) is 0 Å². The summed E-state index contributed by atoms with van der Waals surface area (Å²) in [5, 5.41) is 3.20. The molecule has 3 atom stereocenters. The maximum absolute atomic E-state index is 12.6. The molecule has 154 valence electrons. The van der Waals surface area contributed by atoms with Gasteiger partial charge in [0.05, 0.1) is 33.4 Å². The van der Waals surface area contributed by atoms with Crippen molar-refractivity contribution in [2.45, 2.75) is 31.0 Å². The SMILES string of the molecule is COc1ccc(CC(=O)N[C@@H]2C[C@H]3CO[C@@H](c4ccccc4)CN3C2)c(OC)c1. The van der Waals surface area contributed by atoms with Crippen LogP contribution in [-0.2, 0) is 16.0 Å². The van der Waals surface area contributed by atoms with Crippen molar-refractivity contribution in [1.82, 2.24) is 10.2 Å². The molecule has 29 heavy (non-hydrogen) atoms. The van der Waals surface area contributed by atoms with Crippen molar-refractivity contribution >= 4 is 5.91 Å². The topological polar surface area (TPSA) is 60.0 Å². The van der Waals surface area contributed by atoms with E-state index in [0.717, 1.165) is 25.1 Å². The van der Waals surface area contributed by atoms with E-state index in [1.807, 2.05) is 30.3 Å². The molecular formula is C23H28N2O4. The fourth-order valence-corrected chi connectivity index (χ4v) is 4.30. The van der Waals surface area contributed by atoms with E-state index in [1.165, 1.54) is 5.56 Å². The highest BCUT2D eigenvalue weighted by atomic mass is 16.5. The van der Waals surface area contributed by atoms with Crippen LogP contribution in [0.25, 0.3) is 0 Å². The first-order valence-electron chi connectivity index (χ1n) is 10.1. The molecule has 4 rings (SSSR count). The number of hydrogen-bond acceptors (Lipinski definition) is 5. The molecule has 0 bridgehead atoms. The average Bonchev–Trinajstić information content (AvgIpc) is 3.15. The smallest absolute Gasteiger partial charge is 0.224 e. The van der Waals surface area contributed by atoms with Gasteiger partial charge >= 0.3 is 0 Å². The van der Waals surface area contributed by atoms with Gasteiger partial charge in [-0.1, -0.05) is 36.4 Å². The zero-order valence-electron chi connectivity index (χ0n) is 17.0. The molecule has 2 saturated heterocycles. The Hall–Kier alpha value is -2.57. The molecule has 0 aromatic heterocycles. The number of ether oxygens (including phenoxy) is 3. The fourth-order valence-electron chi connectivity index (χ4n) is 4.30. The van der Waals surface area contributed by atoms with Crippen LogP contribution in [0.2, 0.25) is 0 Å². The van der Waals surface area contributed by atoms with Crippen LogP contribution in [0.5, 0.6) is 11.5 Å². The number of fused-ring (bicyclic) bond motifs is 1. The Morgan fingerprint density at radius 2 is 1.97 bits per heavy atom. The summed E-state index contributed by atoms with van der Waals surface area (Å²) < 4.78 is 16.7. The highest BCUT2D eigenvalue weighted by molar-refractivity contribution is 5.79. The van der Waals surface area contributed by atoms with Gasteiger partial charge in [0, 0.05) is 36.8 Å². The van der Waals surface area contributed by atoms with Gasteiger partial charge in [-0.3, -0.25) is 9.69 Å². The summed E-state index contributed by atoms with van der Waals surface area (Å²) in [6, 6.07) is 16.4. The second-order valence-electron chi connectivity index (χ2n) is 7.70. The number of methoxy groups -OCH3 is 2. The van der Waals surface area contributed by atoms with E-state index in [9.17, 15) is 4.79 Å². The third kappa shape index (κ3) is 4.54. The van der Waals surface area contributed by atoms with Gasteiger partial charge in [-0.2, -0.15) is 0 Å². The first kappa shape index (κ1) is 19.7. The van der Waals surface area contributed by atoms with E-state index in [1.54, 1.807) is 20.3 Å². The first-order chi connectivity index (χ1) is 14.2. The number of amides is 1. The second kappa shape index (κ2) is 8.84. The molecule has 2 heterocycles. The van der Waals surface area contributed by atoms with Crippen molar-refractivity contribution in [2.75, 3.05) is 33.9 Å². The Kier molecular flexibility index (Phi) is 6.02. The maximum atomic E-state index is 12.6. The van der Waals surface area contributed by atoms with Gasteiger partial charge in [0.25, 0.3) is 0 Å². The summed E-state index contributed by atoms with van der Waals surface area (Å²) in [6.07, 6.45) is 1.32. The van der Waals surface area contributed by atoms with E-state index in [4.69, 9.17) is 14.2 Å². The average molecular weight is 396 g/mol. The van der Waals surface area contributed by atoms with Gasteiger partial charge in [0.15, 0.2) is 0 Å². The third-order valence-electron chi connectivity index (χ3n) is 5.80. The molecule has 0 spiro atoms. The highest BCUT2D eigenvalue weighted by Gasteiger charge is 2.38. The van der Waals surface area contributed by atoms with E-state index in [0.29, 0.717) is 24.1 Å². The molecule has 2 aliphatic heterocycles. The zero-order chi connectivity index (χ0) is 20.2. The summed E-state index contributed by atoms with van der Waals surface area (Å²) in [6.45, 7) is 2.44. The number of carbonyl (C=O) groups is 1. The van der Waals surface area contributed by atoms with E-state index >= 15 is 0 Å². The lowest BCUT2D eigenvalue weighted by molar-refractivity contribution is -0.121. The number of hydrogen-bond donors (Lipinski definition) is 1. The lowest BCUT2D eigenvalue weighted by Gasteiger charge is -2.35. The van der Waals surface area contributed by atoms with Crippen LogP contribution in [-0.4, -0.2) is 56.8 Å². The summed E-state index contributed by atoms with van der Waals surface area (Å²) in [5.41, 5.74) is 2.07. The highest BCUT2D eigenvalue weighted by Crippen LogP contribution is 2.30. The molecular weight excluding hydrogens is 368 g/mol. The van der Waals surface area contributed by atoms with Crippen LogP contribution < -0.4 is 14.8 Å². The third-order valence-corrected chi connectivity index (χ3v) is 5.80. The van der Waals surface area contributed by atoms with Gasteiger partial charge < -0.3 is 19.5 Å². The minimum absolute atomic E-state index is 0.0128. The van der Waals surface area contributed by atoms with Crippen molar-refractivity contribution in [1.29, 1.82) is 0 Å². The van der Waals surface area contributed by atoms with Gasteiger partial charge in [-0.15, -0.1) is 0 Å². The maximum Gasteiger partial charge on any atom is 0.224 e. The predicted molar refractivity (Wildman–Crippen MR) is 110 cm³/mol. The van der Waals surface area contributed by atoms with Crippen molar-refractivity contribution in [2.24, 2.45) is 0 Å². The molecule has 6 nitrogen and oxygen atoms in total. The van der Waals surface area contributed by atoms with Gasteiger partial charge in [-0.05, 0) is 18.1 Å². The number of morpholine rings is 1. The molecule has 0 unspecified atom stereocenters. The molecule has 6 heteroatoms. The predicted octanol–water partition coefficient (Wildman–Crippen LogP) is 2.58. The van der Waals surface area contributed by atoms with Crippen LogP contribution in [0, 0.1) is 0 Å². The fraction of sp³-hybridized carbons (Fsp3) is 0.435. The summed E-state index contributed by atoms with van der Waals surface area (Å²) >= 11 is 0. The zero-order valence-corrected chi connectivity index (χ0v) is 17.0. The number of nitrogens with zero attached hydrogens (tertiary/aromatic N) is 1. The lowest BCUT2D eigenvalue weighted by atomic mass is 10.1. The van der Waals surface area contributed by atoms with E-state index in [2.05, 4.69) is 22.3 Å². The molecule has 1 amide bonds. The van der Waals surface area contributed by atoms with E-state index in [-0.39, 0.29) is 24.5 Å². The molecule has 0 saturated carbocycles. The first-order valence-corrected chi connectivity index (χ1v) is 10.1. The number of rotatable bonds is 6. The van der Waals surface area contributed by atoms with E-state index < -0.39 is 0 Å². The van der Waals surface area contributed by atoms with Crippen molar-refractivity contribution in [3.05, 3.63) is 59.7 Å².